The van der Waals surface area contributed by atoms with Crippen molar-refractivity contribution in [3.63, 3.8) is 0 Å². The number of carbonyl (C=O) groups excluding carboxylic acids is 1. The Kier molecular flexibility index (Phi) is 4.27. The fourth-order valence-corrected chi connectivity index (χ4v) is 1.68. The second-order valence-corrected chi connectivity index (χ2v) is 4.19. The van der Waals surface area contributed by atoms with Gasteiger partial charge in [0.1, 0.15) is 5.82 Å². The summed E-state index contributed by atoms with van der Waals surface area (Å²) in [6.45, 7) is 0. The molecule has 0 saturated heterocycles. The number of anilines is 1. The molecule has 0 fully saturated rings. The molecule has 0 aliphatic carbocycles. The molecule has 0 unspecified atom stereocenters. The van der Waals surface area contributed by atoms with E-state index in [1.165, 1.54) is 36.5 Å². The third-order valence-electron chi connectivity index (χ3n) is 2.66. The lowest BCUT2D eigenvalue weighted by Crippen LogP contribution is -2.16. The number of rotatable bonds is 4. The molecule has 0 radical (unpaired) electrons. The second-order valence-electron chi connectivity index (χ2n) is 4.19. The van der Waals surface area contributed by atoms with Crippen molar-refractivity contribution in [2.24, 2.45) is 0 Å². The number of pyridine rings is 1. The molecule has 1 atom stereocenters. The number of benzene rings is 1. The van der Waals surface area contributed by atoms with Crippen LogP contribution in [0.3, 0.4) is 0 Å². The van der Waals surface area contributed by atoms with Gasteiger partial charge in [-0.05, 0) is 29.8 Å². The predicted octanol–water partition coefficient (Wildman–Crippen LogP) is 1.99. The molecule has 5 nitrogen and oxygen atoms in total. The number of nitrogens with zero attached hydrogens (tertiary/aromatic N) is 1. The summed E-state index contributed by atoms with van der Waals surface area (Å²) in [6.07, 6.45) is 0.0224. The van der Waals surface area contributed by atoms with Crippen molar-refractivity contribution in [3.8, 4) is 5.75 Å². The Labute approximate surface area is 114 Å². The minimum absolute atomic E-state index is 0.0175. The summed E-state index contributed by atoms with van der Waals surface area (Å²) in [5, 5.41) is 21.7. The zero-order chi connectivity index (χ0) is 14.5. The van der Waals surface area contributed by atoms with Gasteiger partial charge in [0, 0.05) is 6.20 Å². The monoisotopic (exact) mass is 276 g/mol. The fourth-order valence-electron chi connectivity index (χ4n) is 1.68. The normalized spacial score (nSPS) is 11.9. The zero-order valence-corrected chi connectivity index (χ0v) is 10.5. The van der Waals surface area contributed by atoms with Gasteiger partial charge in [-0.1, -0.05) is 12.1 Å². The Morgan fingerprint density at radius 2 is 2.15 bits per heavy atom. The lowest BCUT2D eigenvalue weighted by Gasteiger charge is -2.11. The number of carbonyl (C=O) groups is 1. The molecule has 0 aliphatic rings. The third kappa shape index (κ3) is 3.52. The molecular weight excluding hydrogens is 263 g/mol. The largest absolute Gasteiger partial charge is 0.504 e. The van der Waals surface area contributed by atoms with Gasteiger partial charge in [-0.25, -0.2) is 9.37 Å². The Morgan fingerprint density at radius 3 is 2.85 bits per heavy atom. The van der Waals surface area contributed by atoms with E-state index >= 15 is 0 Å². The topological polar surface area (TPSA) is 82.5 Å². The van der Waals surface area contributed by atoms with Crippen molar-refractivity contribution in [2.75, 3.05) is 5.32 Å². The minimum atomic E-state index is -1.13. The first kappa shape index (κ1) is 14.0. The molecule has 1 heterocycles. The number of halogens is 1. The molecule has 0 bridgehead atoms. The van der Waals surface area contributed by atoms with E-state index in [-0.39, 0.29) is 18.0 Å². The molecule has 1 aromatic carbocycles. The molecule has 104 valence electrons. The quantitative estimate of drug-likeness (QED) is 0.797. The number of aromatic nitrogens is 1. The highest BCUT2D eigenvalue weighted by atomic mass is 19.1. The van der Waals surface area contributed by atoms with Crippen molar-refractivity contribution >= 4 is 11.7 Å². The number of hydrogen-bond donors (Lipinski definition) is 3. The number of nitrogens with one attached hydrogen (secondary N) is 1. The van der Waals surface area contributed by atoms with Gasteiger partial charge >= 0.3 is 0 Å². The molecule has 2 rings (SSSR count). The van der Waals surface area contributed by atoms with Crippen molar-refractivity contribution in [1.29, 1.82) is 0 Å². The van der Waals surface area contributed by atoms with E-state index in [2.05, 4.69) is 10.3 Å². The van der Waals surface area contributed by atoms with Crippen LogP contribution in [0.1, 0.15) is 18.1 Å². The first-order valence-corrected chi connectivity index (χ1v) is 5.93. The summed E-state index contributed by atoms with van der Waals surface area (Å²) >= 11 is 0. The lowest BCUT2D eigenvalue weighted by molar-refractivity contribution is -0.118. The second kappa shape index (κ2) is 6.12. The summed E-state index contributed by atoms with van der Waals surface area (Å²) < 4.78 is 13.0. The van der Waals surface area contributed by atoms with Gasteiger partial charge < -0.3 is 15.5 Å². The molecule has 0 aliphatic heterocycles. The first-order chi connectivity index (χ1) is 9.56. The maximum atomic E-state index is 13.0. The maximum absolute atomic E-state index is 13.0. The van der Waals surface area contributed by atoms with Crippen LogP contribution in [0.4, 0.5) is 10.2 Å². The zero-order valence-electron chi connectivity index (χ0n) is 10.5. The van der Waals surface area contributed by atoms with Crippen LogP contribution in [0, 0.1) is 5.82 Å². The molecule has 0 saturated carbocycles. The number of aromatic hydroxyl groups is 1. The molecular formula is C14H13FN2O3. The Bertz CT molecular complexity index is 619. The van der Waals surface area contributed by atoms with Gasteiger partial charge in [0.05, 0.1) is 12.5 Å². The summed E-state index contributed by atoms with van der Waals surface area (Å²) in [5.41, 5.74) is 0.311. The Balaban J connectivity index is 2.00. The van der Waals surface area contributed by atoms with E-state index in [0.717, 1.165) is 6.07 Å². The molecule has 2 aromatic rings. The van der Waals surface area contributed by atoms with Gasteiger partial charge in [0.15, 0.2) is 11.6 Å². The van der Waals surface area contributed by atoms with Crippen LogP contribution in [0.5, 0.6) is 5.75 Å². The smallest absolute Gasteiger partial charge is 0.228 e. The number of hydrogen-bond acceptors (Lipinski definition) is 4. The maximum Gasteiger partial charge on any atom is 0.228 e. The highest BCUT2D eigenvalue weighted by Crippen LogP contribution is 2.21. The molecule has 20 heavy (non-hydrogen) atoms. The fraction of sp³-hybridized carbons (Fsp3) is 0.143. The van der Waals surface area contributed by atoms with E-state index in [1.807, 2.05) is 0 Å². The van der Waals surface area contributed by atoms with Gasteiger partial charge in [0.2, 0.25) is 5.91 Å². The van der Waals surface area contributed by atoms with E-state index < -0.39 is 17.8 Å². The van der Waals surface area contributed by atoms with Crippen LogP contribution in [-0.2, 0) is 4.79 Å². The first-order valence-electron chi connectivity index (χ1n) is 5.93. The van der Waals surface area contributed by atoms with E-state index in [9.17, 15) is 19.4 Å². The van der Waals surface area contributed by atoms with E-state index in [1.54, 1.807) is 0 Å². The van der Waals surface area contributed by atoms with E-state index in [4.69, 9.17) is 0 Å². The van der Waals surface area contributed by atoms with Crippen molar-refractivity contribution in [1.82, 2.24) is 4.98 Å². The predicted molar refractivity (Wildman–Crippen MR) is 70.5 cm³/mol. The van der Waals surface area contributed by atoms with Gasteiger partial charge in [-0.3, -0.25) is 4.79 Å². The van der Waals surface area contributed by atoms with Gasteiger partial charge in [0.25, 0.3) is 0 Å². The highest BCUT2D eigenvalue weighted by Gasteiger charge is 2.15. The van der Waals surface area contributed by atoms with Crippen molar-refractivity contribution < 1.29 is 19.4 Å². The standard InChI is InChI=1S/C14H13FN2O3/c15-10-4-1-3-9(7-10)12(19)8-13(20)17-14-11(18)5-2-6-16-14/h1-7,12,18-19H,8H2,(H,16,17,20)/t12-/m1/s1. The van der Waals surface area contributed by atoms with Crippen LogP contribution in [-0.4, -0.2) is 21.1 Å². The summed E-state index contributed by atoms with van der Waals surface area (Å²) in [5.74, 6) is -1.16. The Hall–Kier alpha value is -2.47. The molecule has 1 amide bonds. The molecule has 0 spiro atoms. The third-order valence-corrected chi connectivity index (χ3v) is 2.66. The van der Waals surface area contributed by atoms with Crippen LogP contribution >= 0.6 is 0 Å². The van der Waals surface area contributed by atoms with Crippen LogP contribution in [0.2, 0.25) is 0 Å². The lowest BCUT2D eigenvalue weighted by atomic mass is 10.1. The summed E-state index contributed by atoms with van der Waals surface area (Å²) in [7, 11) is 0. The van der Waals surface area contributed by atoms with Crippen LogP contribution in [0.25, 0.3) is 0 Å². The Morgan fingerprint density at radius 1 is 1.35 bits per heavy atom. The average molecular weight is 276 g/mol. The average Bonchev–Trinajstić information content (AvgIpc) is 2.41. The van der Waals surface area contributed by atoms with E-state index in [0.29, 0.717) is 5.56 Å². The van der Waals surface area contributed by atoms with Gasteiger partial charge in [-0.15, -0.1) is 0 Å². The van der Waals surface area contributed by atoms with Crippen LogP contribution < -0.4 is 5.32 Å². The number of aliphatic hydroxyl groups excluding tert-OH is 1. The summed E-state index contributed by atoms with van der Waals surface area (Å²) in [6, 6.07) is 8.30. The minimum Gasteiger partial charge on any atom is -0.504 e. The summed E-state index contributed by atoms with van der Waals surface area (Å²) in [4.78, 5) is 15.5. The van der Waals surface area contributed by atoms with Crippen molar-refractivity contribution in [3.05, 3.63) is 54.0 Å². The molecule has 6 heteroatoms. The van der Waals surface area contributed by atoms with Crippen molar-refractivity contribution in [2.45, 2.75) is 12.5 Å². The molecule has 3 N–H and O–H groups in total. The number of aliphatic hydroxyl groups is 1. The number of amides is 1. The SMILES string of the molecule is O=C(C[C@@H](O)c1cccc(F)c1)Nc1ncccc1O. The van der Waals surface area contributed by atoms with Crippen LogP contribution in [0.15, 0.2) is 42.6 Å². The van der Waals surface area contributed by atoms with Gasteiger partial charge in [-0.2, -0.15) is 0 Å². The highest BCUT2D eigenvalue weighted by molar-refractivity contribution is 5.91. The molecule has 1 aromatic heterocycles.